The number of nitrogens with zero attached hydrogens (tertiary/aromatic N) is 1. The Hall–Kier alpha value is -1.50. The molecule has 1 nitrogen and oxygen atoms in total. The Kier molecular flexibility index (Phi) is 3.84. The Morgan fingerprint density at radius 2 is 1.42 bits per heavy atom. The lowest BCUT2D eigenvalue weighted by molar-refractivity contribution is -0.137. The molecule has 4 heteroatoms. The molecule has 0 saturated heterocycles. The average Bonchev–Trinajstić information content (AvgIpc) is 2.08. The number of alkyl halides is 3. The van der Waals surface area contributed by atoms with Gasteiger partial charge < -0.3 is 11.8 Å². The molecule has 0 heterocycles. The van der Waals surface area contributed by atoms with Crippen molar-refractivity contribution in [3.05, 3.63) is 42.5 Å². The lowest BCUT2D eigenvalue weighted by atomic mass is 10.2. The second-order valence-electron chi connectivity index (χ2n) is 1.86. The Balaban J connectivity index is 0.000000561. The van der Waals surface area contributed by atoms with Crippen LogP contribution in [0.2, 0.25) is 0 Å². The van der Waals surface area contributed by atoms with Gasteiger partial charge in [0.25, 0.3) is 0 Å². The van der Waals surface area contributed by atoms with E-state index in [1.165, 1.54) is 12.1 Å². The van der Waals surface area contributed by atoms with Crippen molar-refractivity contribution >= 4 is 0 Å². The van der Waals surface area contributed by atoms with E-state index < -0.39 is 11.7 Å². The van der Waals surface area contributed by atoms with E-state index >= 15 is 0 Å². The highest BCUT2D eigenvalue weighted by molar-refractivity contribution is 5.17. The highest BCUT2D eigenvalue weighted by Crippen LogP contribution is 2.28. The third-order valence-electron chi connectivity index (χ3n) is 1.10. The fourth-order valence-electron chi connectivity index (χ4n) is 0.627. The number of benzene rings is 1. The van der Waals surface area contributed by atoms with E-state index in [-0.39, 0.29) is 0 Å². The molecule has 64 valence electrons. The Bertz CT molecular complexity index is 237. The van der Waals surface area contributed by atoms with Gasteiger partial charge in [-0.05, 0) is 0 Å². The summed E-state index contributed by atoms with van der Waals surface area (Å²) in [6, 6.07) is 6.36. The number of hydrogen-bond acceptors (Lipinski definition) is 1. The van der Waals surface area contributed by atoms with Gasteiger partial charge in [0.1, 0.15) is 0 Å². The van der Waals surface area contributed by atoms with Gasteiger partial charge in [0, 0.05) is 0 Å². The van der Waals surface area contributed by atoms with Crippen LogP contribution in [0.15, 0.2) is 30.3 Å². The standard InChI is InChI=1S/C7H5F3.CN/c8-7(9,10)6-4-2-1-3-5-6;1-2/h1-5H;/q;-1. The smallest absolute Gasteiger partial charge is 0.416 e. The number of halogens is 3. The van der Waals surface area contributed by atoms with E-state index in [2.05, 4.69) is 0 Å². The first kappa shape index (κ1) is 10.5. The summed E-state index contributed by atoms with van der Waals surface area (Å²) in [4.78, 5) is 0. The topological polar surface area (TPSA) is 23.8 Å². The van der Waals surface area contributed by atoms with Gasteiger partial charge in [-0.1, -0.05) is 30.3 Å². The molecule has 0 bridgehead atoms. The quantitative estimate of drug-likeness (QED) is 0.552. The summed E-state index contributed by atoms with van der Waals surface area (Å²) in [7, 11) is 0. The molecular weight excluding hydrogens is 167 g/mol. The highest BCUT2D eigenvalue weighted by atomic mass is 19.4. The van der Waals surface area contributed by atoms with E-state index in [1.54, 1.807) is 6.07 Å². The van der Waals surface area contributed by atoms with Crippen molar-refractivity contribution in [2.24, 2.45) is 0 Å². The van der Waals surface area contributed by atoms with E-state index in [1.807, 2.05) is 0 Å². The lowest BCUT2D eigenvalue weighted by Gasteiger charge is -2.03. The maximum Gasteiger partial charge on any atom is 0.416 e. The number of rotatable bonds is 0. The fraction of sp³-hybridized carbons (Fsp3) is 0.125. The van der Waals surface area contributed by atoms with E-state index in [0.717, 1.165) is 12.1 Å². The summed E-state index contributed by atoms with van der Waals surface area (Å²) in [6.07, 6.45) is -4.21. The van der Waals surface area contributed by atoms with Crippen LogP contribution in [0.25, 0.3) is 0 Å². The predicted octanol–water partition coefficient (Wildman–Crippen LogP) is 2.80. The minimum Gasteiger partial charge on any atom is -0.512 e. The third-order valence-corrected chi connectivity index (χ3v) is 1.10. The molecule has 1 aromatic rings. The predicted molar refractivity (Wildman–Crippen MR) is 36.4 cm³/mol. The molecule has 0 aromatic heterocycles. The van der Waals surface area contributed by atoms with Gasteiger partial charge in [-0.2, -0.15) is 13.2 Å². The van der Waals surface area contributed by atoms with Gasteiger partial charge in [0.15, 0.2) is 0 Å². The molecule has 0 atom stereocenters. The molecule has 0 aliphatic rings. The van der Waals surface area contributed by atoms with Crippen LogP contribution in [0.5, 0.6) is 0 Å². The van der Waals surface area contributed by atoms with E-state index in [9.17, 15) is 13.2 Å². The maximum atomic E-state index is 11.8. The van der Waals surface area contributed by atoms with Crippen LogP contribution in [-0.2, 0) is 6.18 Å². The van der Waals surface area contributed by atoms with Crippen molar-refractivity contribution in [3.8, 4) is 0 Å². The Morgan fingerprint density at radius 3 is 1.67 bits per heavy atom. The summed E-state index contributed by atoms with van der Waals surface area (Å²) in [5.74, 6) is 0. The van der Waals surface area contributed by atoms with Crippen molar-refractivity contribution in [1.82, 2.24) is 0 Å². The molecule has 1 rings (SSSR count). The van der Waals surface area contributed by atoms with Crippen molar-refractivity contribution in [2.45, 2.75) is 6.18 Å². The van der Waals surface area contributed by atoms with Crippen molar-refractivity contribution < 1.29 is 13.2 Å². The third kappa shape index (κ3) is 3.06. The van der Waals surface area contributed by atoms with Crippen LogP contribution in [0.3, 0.4) is 0 Å². The second-order valence-corrected chi connectivity index (χ2v) is 1.86. The summed E-state index contributed by atoms with van der Waals surface area (Å²) in [6.45, 7) is 4.75. The maximum absolute atomic E-state index is 11.8. The zero-order valence-electron chi connectivity index (χ0n) is 5.97. The van der Waals surface area contributed by atoms with E-state index in [4.69, 9.17) is 11.8 Å². The zero-order valence-corrected chi connectivity index (χ0v) is 5.97. The first-order valence-electron chi connectivity index (χ1n) is 2.95. The molecule has 12 heavy (non-hydrogen) atoms. The average molecular weight is 172 g/mol. The highest BCUT2D eigenvalue weighted by Gasteiger charge is 2.29. The van der Waals surface area contributed by atoms with Crippen molar-refractivity contribution in [1.29, 1.82) is 5.26 Å². The summed E-state index contributed by atoms with van der Waals surface area (Å²) >= 11 is 0. The minimum absolute atomic E-state index is 0.602. The molecule has 0 fully saturated rings. The van der Waals surface area contributed by atoms with Crippen LogP contribution in [0.4, 0.5) is 13.2 Å². The van der Waals surface area contributed by atoms with Crippen LogP contribution in [0, 0.1) is 11.8 Å². The molecule has 1 aromatic carbocycles. The monoisotopic (exact) mass is 172 g/mol. The SMILES string of the molecule is FC(F)(F)c1ccccc1.[C-]#N. The van der Waals surface area contributed by atoms with Gasteiger partial charge >= 0.3 is 6.18 Å². The Labute approximate surface area is 68.1 Å². The number of hydrogen-bond donors (Lipinski definition) is 0. The molecule has 0 unspecified atom stereocenters. The second kappa shape index (κ2) is 4.39. The summed E-state index contributed by atoms with van der Waals surface area (Å²) in [5.41, 5.74) is -0.602. The largest absolute Gasteiger partial charge is 0.512 e. The molecular formula is C8H5F3N-. The van der Waals surface area contributed by atoms with Gasteiger partial charge in [-0.3, -0.25) is 0 Å². The van der Waals surface area contributed by atoms with E-state index in [0.29, 0.717) is 0 Å². The molecule has 0 aliphatic heterocycles. The van der Waals surface area contributed by atoms with Crippen LogP contribution in [0.1, 0.15) is 5.56 Å². The van der Waals surface area contributed by atoms with Gasteiger partial charge in [-0.15, -0.1) is 0 Å². The van der Waals surface area contributed by atoms with Gasteiger partial charge in [0.2, 0.25) is 0 Å². The minimum atomic E-state index is -4.21. The van der Waals surface area contributed by atoms with Crippen LogP contribution in [-0.4, -0.2) is 0 Å². The van der Waals surface area contributed by atoms with Crippen LogP contribution >= 0.6 is 0 Å². The molecule has 0 amide bonds. The first-order chi connectivity index (χ1) is 5.61. The molecule has 0 saturated carbocycles. The zero-order chi connectivity index (χ0) is 9.61. The summed E-state index contributed by atoms with van der Waals surface area (Å²) < 4.78 is 35.4. The van der Waals surface area contributed by atoms with Crippen LogP contribution < -0.4 is 0 Å². The summed E-state index contributed by atoms with van der Waals surface area (Å²) in [5, 5.41) is 6.25. The fourth-order valence-corrected chi connectivity index (χ4v) is 0.627. The van der Waals surface area contributed by atoms with Gasteiger partial charge in [0.05, 0.1) is 5.56 Å². The van der Waals surface area contributed by atoms with Gasteiger partial charge in [-0.25, -0.2) is 0 Å². The normalized spacial score (nSPS) is 9.75. The van der Waals surface area contributed by atoms with Crippen molar-refractivity contribution in [3.63, 3.8) is 0 Å². The molecule has 0 radical (unpaired) electrons. The first-order valence-corrected chi connectivity index (χ1v) is 2.95. The molecule has 0 aliphatic carbocycles. The molecule has 0 N–H and O–H groups in total. The molecule has 0 spiro atoms. The lowest BCUT2D eigenvalue weighted by Crippen LogP contribution is -2.03. The Morgan fingerprint density at radius 1 is 1.00 bits per heavy atom. The van der Waals surface area contributed by atoms with Crippen molar-refractivity contribution in [2.75, 3.05) is 0 Å².